The molecule has 8 heteroatoms. The number of thiazole rings is 1. The highest BCUT2D eigenvalue weighted by Crippen LogP contribution is 2.32. The van der Waals surface area contributed by atoms with Gasteiger partial charge in [-0.25, -0.2) is 13.4 Å². The van der Waals surface area contributed by atoms with Crippen molar-refractivity contribution in [2.24, 2.45) is 0 Å². The molecule has 0 bridgehead atoms. The molecule has 0 saturated heterocycles. The Balaban J connectivity index is 1.71. The van der Waals surface area contributed by atoms with Gasteiger partial charge in [0.15, 0.2) is 15.0 Å². The van der Waals surface area contributed by atoms with Crippen molar-refractivity contribution in [1.29, 1.82) is 0 Å². The van der Waals surface area contributed by atoms with Gasteiger partial charge in [0, 0.05) is 19.0 Å². The molecule has 0 aliphatic carbocycles. The molecule has 3 rings (SSSR count). The fourth-order valence-electron chi connectivity index (χ4n) is 2.68. The molecule has 0 aliphatic heterocycles. The number of carbonyl (C=O) groups excluding carboxylic acids is 1. The second kappa shape index (κ2) is 7.28. The third kappa shape index (κ3) is 4.28. The highest BCUT2D eigenvalue weighted by molar-refractivity contribution is 7.90. The molecule has 1 N–H and O–H groups in total. The summed E-state index contributed by atoms with van der Waals surface area (Å²) < 4.78 is 24.1. The number of sulfone groups is 1. The number of hydrogen-bond donors (Lipinski definition) is 1. The van der Waals surface area contributed by atoms with Crippen molar-refractivity contribution >= 4 is 48.1 Å². The van der Waals surface area contributed by atoms with Gasteiger partial charge < -0.3 is 10.2 Å². The third-order valence-electron chi connectivity index (χ3n) is 4.20. The van der Waals surface area contributed by atoms with Gasteiger partial charge in [0.05, 0.1) is 21.7 Å². The Morgan fingerprint density at radius 2 is 1.74 bits per heavy atom. The fraction of sp³-hybridized carbons (Fsp3) is 0.263. The van der Waals surface area contributed by atoms with E-state index in [1.807, 2.05) is 24.9 Å². The summed E-state index contributed by atoms with van der Waals surface area (Å²) in [5.74, 6) is -0.197. The zero-order valence-electron chi connectivity index (χ0n) is 15.6. The van der Waals surface area contributed by atoms with E-state index in [-0.39, 0.29) is 17.3 Å². The lowest BCUT2D eigenvalue weighted by Gasteiger charge is -2.15. The number of rotatable bonds is 5. The minimum atomic E-state index is -3.25. The number of likely N-dealkylation sites (N-methyl/N-ethyl adjacent to an activating group) is 1. The Bertz CT molecular complexity index is 1060. The summed E-state index contributed by atoms with van der Waals surface area (Å²) >= 11 is 1.57. The maximum Gasteiger partial charge on any atom is 0.243 e. The molecule has 3 aromatic rings. The molecule has 0 unspecified atom stereocenters. The molecular weight excluding hydrogens is 382 g/mol. The van der Waals surface area contributed by atoms with E-state index in [1.54, 1.807) is 23.5 Å². The van der Waals surface area contributed by atoms with E-state index in [4.69, 9.17) is 0 Å². The summed E-state index contributed by atoms with van der Waals surface area (Å²) in [6.07, 6.45) is 1.15. The molecular formula is C19H21N3O3S2. The lowest BCUT2D eigenvalue weighted by molar-refractivity contribution is -0.114. The van der Waals surface area contributed by atoms with Gasteiger partial charge in [0.1, 0.15) is 0 Å². The Morgan fingerprint density at radius 3 is 2.33 bits per heavy atom. The number of aromatic nitrogens is 1. The molecule has 27 heavy (non-hydrogen) atoms. The quantitative estimate of drug-likeness (QED) is 0.706. The number of fused-ring (bicyclic) bond motifs is 1. The topological polar surface area (TPSA) is 79.4 Å². The van der Waals surface area contributed by atoms with Crippen molar-refractivity contribution in [3.63, 3.8) is 0 Å². The Morgan fingerprint density at radius 1 is 1.11 bits per heavy atom. The smallest absolute Gasteiger partial charge is 0.243 e. The number of amides is 1. The van der Waals surface area contributed by atoms with Crippen LogP contribution >= 0.6 is 11.3 Å². The van der Waals surface area contributed by atoms with Crippen LogP contribution < -0.4 is 10.2 Å². The lowest BCUT2D eigenvalue weighted by Crippen LogP contribution is -2.29. The Hall–Kier alpha value is -2.45. The molecule has 142 valence electrons. The van der Waals surface area contributed by atoms with Gasteiger partial charge >= 0.3 is 0 Å². The number of nitrogens with one attached hydrogen (secondary N) is 1. The first-order valence-electron chi connectivity index (χ1n) is 8.33. The number of aryl methyl sites for hydroxylation is 2. The number of benzene rings is 2. The predicted octanol–water partition coefficient (Wildman–Crippen LogP) is 3.39. The first-order valence-corrected chi connectivity index (χ1v) is 11.0. The highest BCUT2D eigenvalue weighted by atomic mass is 32.2. The van der Waals surface area contributed by atoms with E-state index in [1.165, 1.54) is 17.7 Å². The van der Waals surface area contributed by atoms with Crippen LogP contribution in [0.3, 0.4) is 0 Å². The molecule has 0 atom stereocenters. The van der Waals surface area contributed by atoms with Gasteiger partial charge in [-0.1, -0.05) is 23.5 Å². The van der Waals surface area contributed by atoms with E-state index < -0.39 is 9.84 Å². The van der Waals surface area contributed by atoms with Crippen LogP contribution in [0, 0.1) is 13.8 Å². The van der Waals surface area contributed by atoms with Crippen LogP contribution in [0.2, 0.25) is 0 Å². The second-order valence-electron chi connectivity index (χ2n) is 6.57. The molecule has 1 heterocycles. The predicted molar refractivity (Wildman–Crippen MR) is 111 cm³/mol. The van der Waals surface area contributed by atoms with E-state index in [0.717, 1.165) is 27.2 Å². The van der Waals surface area contributed by atoms with Crippen LogP contribution in [0.4, 0.5) is 10.8 Å². The zero-order valence-corrected chi connectivity index (χ0v) is 17.2. The van der Waals surface area contributed by atoms with E-state index in [9.17, 15) is 13.2 Å². The van der Waals surface area contributed by atoms with Crippen molar-refractivity contribution in [3.8, 4) is 0 Å². The maximum atomic E-state index is 12.3. The van der Waals surface area contributed by atoms with Crippen LogP contribution in [0.5, 0.6) is 0 Å². The Labute approximate surface area is 162 Å². The van der Waals surface area contributed by atoms with Gasteiger partial charge in [-0.15, -0.1) is 0 Å². The summed E-state index contributed by atoms with van der Waals surface area (Å²) in [4.78, 5) is 19.0. The number of hydrogen-bond acceptors (Lipinski definition) is 6. The monoisotopic (exact) mass is 403 g/mol. The van der Waals surface area contributed by atoms with Crippen LogP contribution in [0.1, 0.15) is 11.1 Å². The van der Waals surface area contributed by atoms with Crippen LogP contribution in [-0.4, -0.2) is 39.2 Å². The van der Waals surface area contributed by atoms with E-state index in [0.29, 0.717) is 5.69 Å². The molecule has 0 spiro atoms. The van der Waals surface area contributed by atoms with Gasteiger partial charge in [-0.05, 0) is 49.2 Å². The van der Waals surface area contributed by atoms with Crippen LogP contribution in [0.25, 0.3) is 10.2 Å². The molecule has 0 aliphatic rings. The second-order valence-corrected chi connectivity index (χ2v) is 9.57. The normalized spacial score (nSPS) is 11.6. The lowest BCUT2D eigenvalue weighted by atomic mass is 10.1. The van der Waals surface area contributed by atoms with Gasteiger partial charge in [-0.2, -0.15) is 0 Å². The standard InChI is InChI=1S/C19H21N3O3S2/c1-12-5-6-13(2)18-17(12)21-19(26-18)22(3)11-16(23)20-14-7-9-15(10-8-14)27(4,24)25/h5-10H,11H2,1-4H3,(H,20,23). The summed E-state index contributed by atoms with van der Waals surface area (Å²) in [7, 11) is -1.42. The van der Waals surface area contributed by atoms with Crippen molar-refractivity contribution in [1.82, 2.24) is 4.98 Å². The average Bonchev–Trinajstić information content (AvgIpc) is 3.05. The number of nitrogens with zero attached hydrogens (tertiary/aromatic N) is 2. The van der Waals surface area contributed by atoms with Crippen LogP contribution in [0.15, 0.2) is 41.3 Å². The van der Waals surface area contributed by atoms with Crippen molar-refractivity contribution in [2.45, 2.75) is 18.7 Å². The SMILES string of the molecule is Cc1ccc(C)c2sc(N(C)CC(=O)Nc3ccc(S(C)(=O)=O)cc3)nc12. The zero-order chi connectivity index (χ0) is 19.8. The summed E-state index contributed by atoms with van der Waals surface area (Å²) in [5, 5.41) is 3.56. The minimum absolute atomic E-state index is 0.145. The molecule has 6 nitrogen and oxygen atoms in total. The maximum absolute atomic E-state index is 12.3. The Kier molecular flexibility index (Phi) is 5.21. The highest BCUT2D eigenvalue weighted by Gasteiger charge is 2.15. The van der Waals surface area contributed by atoms with Crippen molar-refractivity contribution < 1.29 is 13.2 Å². The first-order chi connectivity index (χ1) is 12.6. The molecule has 0 radical (unpaired) electrons. The number of anilines is 2. The first kappa shape index (κ1) is 19.3. The van der Waals surface area contributed by atoms with Crippen LogP contribution in [-0.2, 0) is 14.6 Å². The number of carbonyl (C=O) groups is 1. The van der Waals surface area contributed by atoms with Gasteiger partial charge in [-0.3, -0.25) is 4.79 Å². The molecule has 1 amide bonds. The average molecular weight is 404 g/mol. The van der Waals surface area contributed by atoms with E-state index in [2.05, 4.69) is 23.3 Å². The molecule has 1 aromatic heterocycles. The minimum Gasteiger partial charge on any atom is -0.342 e. The van der Waals surface area contributed by atoms with Gasteiger partial charge in [0.25, 0.3) is 0 Å². The van der Waals surface area contributed by atoms with Crippen molar-refractivity contribution in [2.75, 3.05) is 30.1 Å². The molecule has 0 saturated carbocycles. The summed E-state index contributed by atoms with van der Waals surface area (Å²) in [5.41, 5.74) is 3.81. The van der Waals surface area contributed by atoms with Crippen molar-refractivity contribution in [3.05, 3.63) is 47.5 Å². The van der Waals surface area contributed by atoms with Gasteiger partial charge in [0.2, 0.25) is 5.91 Å². The molecule has 2 aromatic carbocycles. The molecule has 0 fully saturated rings. The summed E-state index contributed by atoms with van der Waals surface area (Å²) in [6.45, 7) is 4.22. The fourth-order valence-corrected chi connectivity index (χ4v) is 4.38. The third-order valence-corrected chi connectivity index (χ3v) is 6.64. The summed E-state index contributed by atoms with van der Waals surface area (Å²) in [6, 6.07) is 10.2. The largest absolute Gasteiger partial charge is 0.342 e. The van der Waals surface area contributed by atoms with E-state index >= 15 is 0 Å².